The molecule has 2 aromatic carbocycles. The summed E-state index contributed by atoms with van der Waals surface area (Å²) in [5.41, 5.74) is 0.759. The minimum absolute atomic E-state index is 0.117. The molecule has 158 valence electrons. The van der Waals surface area contributed by atoms with Crippen LogP contribution in [0.4, 0.5) is 10.1 Å². The Balaban J connectivity index is 1.88. The van der Waals surface area contributed by atoms with Crippen LogP contribution in [-0.4, -0.2) is 39.3 Å². The Hall–Kier alpha value is -3.20. The number of halogens is 2. The third-order valence-electron chi connectivity index (χ3n) is 4.08. The first-order chi connectivity index (χ1) is 14.4. The van der Waals surface area contributed by atoms with Gasteiger partial charge in [-0.25, -0.2) is 4.39 Å². The van der Waals surface area contributed by atoms with Crippen LogP contribution in [0.3, 0.4) is 0 Å². The highest BCUT2D eigenvalue weighted by molar-refractivity contribution is 6.32. The number of hydrogen-bond acceptors (Lipinski definition) is 6. The lowest BCUT2D eigenvalue weighted by molar-refractivity contribution is 0.102. The van der Waals surface area contributed by atoms with E-state index in [1.54, 1.807) is 13.0 Å². The summed E-state index contributed by atoms with van der Waals surface area (Å²) in [6.45, 7) is 6.30. The number of nitrogens with zero attached hydrogens (tertiary/aromatic N) is 4. The van der Waals surface area contributed by atoms with Crippen molar-refractivity contribution in [2.75, 3.05) is 18.5 Å². The fourth-order valence-electron chi connectivity index (χ4n) is 2.72. The summed E-state index contributed by atoms with van der Waals surface area (Å²) in [7, 11) is 0. The van der Waals surface area contributed by atoms with Gasteiger partial charge in [0.25, 0.3) is 5.91 Å². The number of aromatic nitrogens is 4. The summed E-state index contributed by atoms with van der Waals surface area (Å²) in [4.78, 5) is 12.8. The Morgan fingerprint density at radius 2 is 2.03 bits per heavy atom. The topological polar surface area (TPSA) is 91.2 Å². The van der Waals surface area contributed by atoms with E-state index in [0.717, 1.165) is 6.42 Å². The number of amides is 1. The molecule has 1 N–H and O–H groups in total. The van der Waals surface area contributed by atoms with E-state index in [1.807, 2.05) is 13.8 Å². The van der Waals surface area contributed by atoms with E-state index in [2.05, 4.69) is 20.8 Å². The monoisotopic (exact) mass is 433 g/mol. The van der Waals surface area contributed by atoms with Crippen molar-refractivity contribution >= 4 is 23.2 Å². The maximum atomic E-state index is 14.2. The average molecular weight is 434 g/mol. The summed E-state index contributed by atoms with van der Waals surface area (Å²) in [5.74, 6) is 0.226. The number of carbonyl (C=O) groups excluding carboxylic acids is 1. The van der Waals surface area contributed by atoms with Gasteiger partial charge in [0.15, 0.2) is 17.3 Å². The molecule has 0 radical (unpaired) electrons. The minimum Gasteiger partial charge on any atom is -0.490 e. The van der Waals surface area contributed by atoms with Crippen LogP contribution in [0.1, 0.15) is 36.5 Å². The molecule has 0 unspecified atom stereocenters. The zero-order chi connectivity index (χ0) is 21.7. The maximum Gasteiger partial charge on any atom is 0.255 e. The number of tetrazole rings is 1. The molecule has 3 aromatic rings. The van der Waals surface area contributed by atoms with Gasteiger partial charge in [0, 0.05) is 11.3 Å². The Bertz CT molecular complexity index is 1060. The van der Waals surface area contributed by atoms with Gasteiger partial charge in [0.2, 0.25) is 0 Å². The average Bonchev–Trinajstić information content (AvgIpc) is 3.14. The summed E-state index contributed by atoms with van der Waals surface area (Å²) in [6, 6.07) is 7.18. The van der Waals surface area contributed by atoms with Crippen molar-refractivity contribution in [2.45, 2.75) is 27.2 Å². The number of carbonyl (C=O) groups is 1. The summed E-state index contributed by atoms with van der Waals surface area (Å²) in [5, 5.41) is 14.0. The van der Waals surface area contributed by atoms with Crippen molar-refractivity contribution in [3.05, 3.63) is 52.6 Å². The van der Waals surface area contributed by atoms with E-state index in [0.29, 0.717) is 36.2 Å². The lowest BCUT2D eigenvalue weighted by Gasteiger charge is -2.15. The fourth-order valence-corrected chi connectivity index (χ4v) is 2.98. The highest BCUT2D eigenvalue weighted by Gasteiger charge is 2.17. The van der Waals surface area contributed by atoms with Crippen molar-refractivity contribution in [1.29, 1.82) is 0 Å². The number of hydrogen-bond donors (Lipinski definition) is 1. The van der Waals surface area contributed by atoms with E-state index < -0.39 is 11.7 Å². The molecule has 0 atom stereocenters. The molecule has 1 heterocycles. The Morgan fingerprint density at radius 1 is 1.23 bits per heavy atom. The first kappa shape index (κ1) is 21.5. The minimum atomic E-state index is -0.525. The molecule has 3 rings (SSSR count). The van der Waals surface area contributed by atoms with Crippen molar-refractivity contribution in [2.24, 2.45) is 0 Å². The van der Waals surface area contributed by atoms with Crippen molar-refractivity contribution in [3.63, 3.8) is 0 Å². The molecule has 1 amide bonds. The van der Waals surface area contributed by atoms with Crippen LogP contribution in [0.2, 0.25) is 5.02 Å². The highest BCUT2D eigenvalue weighted by Crippen LogP contribution is 2.37. The van der Waals surface area contributed by atoms with Gasteiger partial charge in [-0.1, -0.05) is 18.5 Å². The molecule has 1 aromatic heterocycles. The molecular weight excluding hydrogens is 413 g/mol. The zero-order valence-electron chi connectivity index (χ0n) is 16.8. The molecule has 0 bridgehead atoms. The van der Waals surface area contributed by atoms with Crippen molar-refractivity contribution in [1.82, 2.24) is 20.2 Å². The van der Waals surface area contributed by atoms with Crippen LogP contribution in [0.25, 0.3) is 5.69 Å². The van der Waals surface area contributed by atoms with Gasteiger partial charge >= 0.3 is 0 Å². The largest absolute Gasteiger partial charge is 0.490 e. The Morgan fingerprint density at radius 3 is 2.70 bits per heavy atom. The molecular formula is C20H21ClFN5O3. The molecule has 0 aliphatic rings. The van der Waals surface area contributed by atoms with Crippen molar-refractivity contribution in [3.8, 4) is 17.2 Å². The second kappa shape index (κ2) is 9.53. The SMILES string of the molecule is CCCOc1c(Cl)cc(C(=O)Nc2ccc(F)c(-n3nnnc3C)c2)cc1OCC. The lowest BCUT2D eigenvalue weighted by Crippen LogP contribution is -2.13. The van der Waals surface area contributed by atoms with Gasteiger partial charge in [-0.05, 0) is 61.0 Å². The quantitative estimate of drug-likeness (QED) is 0.572. The molecule has 10 heteroatoms. The van der Waals surface area contributed by atoms with Crippen LogP contribution < -0.4 is 14.8 Å². The number of anilines is 1. The van der Waals surface area contributed by atoms with Crippen LogP contribution in [0.5, 0.6) is 11.5 Å². The van der Waals surface area contributed by atoms with Gasteiger partial charge in [-0.3, -0.25) is 4.79 Å². The standard InChI is InChI=1S/C20H21ClFN5O3/c1-4-8-30-19-15(21)9-13(10-18(19)29-5-2)20(28)23-14-6-7-16(22)17(11-14)27-12(3)24-25-26-27/h6-7,9-11H,4-5,8H2,1-3H3,(H,23,28). The number of benzene rings is 2. The number of nitrogens with one attached hydrogen (secondary N) is 1. The summed E-state index contributed by atoms with van der Waals surface area (Å²) < 4.78 is 26.7. The zero-order valence-corrected chi connectivity index (χ0v) is 17.5. The molecule has 0 spiro atoms. The van der Waals surface area contributed by atoms with Crippen LogP contribution in [-0.2, 0) is 0 Å². The van der Waals surface area contributed by atoms with Gasteiger partial charge in [0.1, 0.15) is 11.5 Å². The molecule has 0 fully saturated rings. The van der Waals surface area contributed by atoms with E-state index in [4.69, 9.17) is 21.1 Å². The molecule has 30 heavy (non-hydrogen) atoms. The smallest absolute Gasteiger partial charge is 0.255 e. The number of rotatable bonds is 8. The lowest BCUT2D eigenvalue weighted by atomic mass is 10.1. The van der Waals surface area contributed by atoms with Crippen LogP contribution >= 0.6 is 11.6 Å². The maximum absolute atomic E-state index is 14.2. The molecule has 0 saturated heterocycles. The molecule has 0 saturated carbocycles. The summed E-state index contributed by atoms with van der Waals surface area (Å²) in [6.07, 6.45) is 0.803. The Labute approximate surface area is 177 Å². The van der Waals surface area contributed by atoms with Gasteiger partial charge in [0.05, 0.1) is 18.2 Å². The molecule has 0 aliphatic heterocycles. The highest BCUT2D eigenvalue weighted by atomic mass is 35.5. The third kappa shape index (κ3) is 4.68. The Kier molecular flexibility index (Phi) is 6.83. The molecule has 8 nitrogen and oxygen atoms in total. The second-order valence-corrected chi connectivity index (χ2v) is 6.73. The van der Waals surface area contributed by atoms with E-state index >= 15 is 0 Å². The predicted octanol–water partition coefficient (Wildman–Crippen LogP) is 4.20. The van der Waals surface area contributed by atoms with Gasteiger partial charge in [-0.2, -0.15) is 4.68 Å². The van der Waals surface area contributed by atoms with Gasteiger partial charge in [-0.15, -0.1) is 5.10 Å². The normalized spacial score (nSPS) is 10.7. The van der Waals surface area contributed by atoms with E-state index in [-0.39, 0.29) is 16.3 Å². The molecule has 0 aliphatic carbocycles. The predicted molar refractivity (Wildman–Crippen MR) is 110 cm³/mol. The van der Waals surface area contributed by atoms with Gasteiger partial charge < -0.3 is 14.8 Å². The number of aryl methyl sites for hydroxylation is 1. The second-order valence-electron chi connectivity index (χ2n) is 6.33. The fraction of sp³-hybridized carbons (Fsp3) is 0.300. The van der Waals surface area contributed by atoms with E-state index in [9.17, 15) is 9.18 Å². The van der Waals surface area contributed by atoms with E-state index in [1.165, 1.54) is 28.9 Å². The summed E-state index contributed by atoms with van der Waals surface area (Å²) >= 11 is 6.32. The first-order valence-corrected chi connectivity index (χ1v) is 9.77. The van der Waals surface area contributed by atoms with Crippen LogP contribution in [0.15, 0.2) is 30.3 Å². The van der Waals surface area contributed by atoms with Crippen molar-refractivity contribution < 1.29 is 18.7 Å². The third-order valence-corrected chi connectivity index (χ3v) is 4.36. The number of ether oxygens (including phenoxy) is 2. The van der Waals surface area contributed by atoms with Crippen LogP contribution in [0, 0.1) is 12.7 Å². The first-order valence-electron chi connectivity index (χ1n) is 9.40.